The molecule has 1 fully saturated rings. The second-order valence-electron chi connectivity index (χ2n) is 9.97. The molecular weight excluding hydrogens is 598 g/mol. The molecular formula is C29H27Cl2FN8O3. The zero-order valence-electron chi connectivity index (χ0n) is 22.9. The second kappa shape index (κ2) is 12.3. The predicted molar refractivity (Wildman–Crippen MR) is 164 cm³/mol. The number of hydrogen-bond donors (Lipinski definition) is 3. The van der Waals surface area contributed by atoms with Gasteiger partial charge in [-0.3, -0.25) is 29.0 Å². The number of hydrazine groups is 1. The third-order valence-electron chi connectivity index (χ3n) is 6.90. The Morgan fingerprint density at radius 2 is 1.86 bits per heavy atom. The van der Waals surface area contributed by atoms with Gasteiger partial charge in [-0.25, -0.2) is 10.2 Å². The number of carbonyl (C=O) groups is 3. The highest BCUT2D eigenvalue weighted by atomic mass is 35.5. The van der Waals surface area contributed by atoms with E-state index in [0.717, 1.165) is 15.9 Å². The van der Waals surface area contributed by atoms with Gasteiger partial charge < -0.3 is 16.0 Å². The zero-order valence-corrected chi connectivity index (χ0v) is 24.4. The summed E-state index contributed by atoms with van der Waals surface area (Å²) in [6.07, 6.45) is 3.09. The number of aryl methyl sites for hydroxylation is 1. The Morgan fingerprint density at radius 3 is 2.58 bits per heavy atom. The number of carbonyl (C=O) groups excluding carboxylic acids is 3. The van der Waals surface area contributed by atoms with E-state index >= 15 is 0 Å². The van der Waals surface area contributed by atoms with Crippen LogP contribution in [0.15, 0.2) is 78.2 Å². The lowest BCUT2D eigenvalue weighted by Crippen LogP contribution is -2.60. The largest absolute Gasteiger partial charge is 0.388 e. The number of anilines is 3. The maximum absolute atomic E-state index is 13.7. The van der Waals surface area contributed by atoms with Gasteiger partial charge in [0.25, 0.3) is 0 Å². The van der Waals surface area contributed by atoms with E-state index in [2.05, 4.69) is 10.4 Å². The third-order valence-corrected chi connectivity index (χ3v) is 7.23. The molecule has 0 spiro atoms. The van der Waals surface area contributed by atoms with Crippen LogP contribution in [-0.2, 0) is 27.9 Å². The van der Waals surface area contributed by atoms with Crippen molar-refractivity contribution in [1.29, 1.82) is 0 Å². The standard InChI is InChI=1S/C29H27Cl2FN8O3/c1-37-13-18-11-21(7-8-22(18)36-37)35-29(43)25(10-17-2-5-20(32)6-3-17)39-16-27(41)38(15-28(39)42)24-12-19(30)4-9-23(24)40(34)14-26(31)33/h2-9,11-14,25H,10,15-16,33-34H2,1H3,(H,35,43)/b26-14-. The monoisotopic (exact) mass is 624 g/mol. The van der Waals surface area contributed by atoms with Gasteiger partial charge in [-0.05, 0) is 54.1 Å². The minimum absolute atomic E-state index is 0.0407. The number of aromatic nitrogens is 2. The van der Waals surface area contributed by atoms with Crippen LogP contribution in [-0.4, -0.2) is 51.5 Å². The van der Waals surface area contributed by atoms with E-state index < -0.39 is 42.7 Å². The number of halogens is 3. The molecule has 0 aliphatic carbocycles. The van der Waals surface area contributed by atoms with Crippen LogP contribution < -0.4 is 26.8 Å². The maximum Gasteiger partial charge on any atom is 0.247 e. The molecule has 0 bridgehead atoms. The van der Waals surface area contributed by atoms with Crippen molar-refractivity contribution < 1.29 is 18.8 Å². The summed E-state index contributed by atoms with van der Waals surface area (Å²) >= 11 is 12.0. The number of rotatable bonds is 8. The van der Waals surface area contributed by atoms with Crippen molar-refractivity contribution in [3.8, 4) is 0 Å². The smallest absolute Gasteiger partial charge is 0.247 e. The molecule has 1 aliphatic heterocycles. The number of benzene rings is 3. The summed E-state index contributed by atoms with van der Waals surface area (Å²) in [6, 6.07) is 14.4. The number of piperazine rings is 1. The van der Waals surface area contributed by atoms with Gasteiger partial charge in [0.1, 0.15) is 30.1 Å². The van der Waals surface area contributed by atoms with Crippen LogP contribution in [0.3, 0.4) is 0 Å². The van der Waals surface area contributed by atoms with Crippen LogP contribution in [0.1, 0.15) is 5.56 Å². The van der Waals surface area contributed by atoms with Gasteiger partial charge in [0, 0.05) is 35.8 Å². The van der Waals surface area contributed by atoms with Crippen molar-refractivity contribution in [2.45, 2.75) is 12.5 Å². The zero-order chi connectivity index (χ0) is 30.8. The van der Waals surface area contributed by atoms with Gasteiger partial charge in [0.15, 0.2) is 0 Å². The van der Waals surface area contributed by atoms with Crippen LogP contribution in [0.5, 0.6) is 0 Å². The molecule has 1 aliphatic rings. The van der Waals surface area contributed by atoms with E-state index in [1.165, 1.54) is 46.3 Å². The van der Waals surface area contributed by atoms with Gasteiger partial charge in [-0.1, -0.05) is 35.3 Å². The first-order valence-electron chi connectivity index (χ1n) is 13.0. The molecule has 43 heavy (non-hydrogen) atoms. The number of nitrogens with two attached hydrogens (primary N) is 2. The topological polar surface area (TPSA) is 143 Å². The molecule has 4 aromatic rings. The number of amides is 3. The molecule has 0 radical (unpaired) electrons. The Morgan fingerprint density at radius 1 is 1.12 bits per heavy atom. The molecule has 5 N–H and O–H groups in total. The highest BCUT2D eigenvalue weighted by Gasteiger charge is 2.39. The first-order chi connectivity index (χ1) is 20.5. The summed E-state index contributed by atoms with van der Waals surface area (Å²) in [4.78, 5) is 43.4. The Labute approximate surface area is 256 Å². The van der Waals surface area contributed by atoms with Gasteiger partial charge in [0.2, 0.25) is 17.7 Å². The van der Waals surface area contributed by atoms with Crippen LogP contribution >= 0.6 is 23.2 Å². The molecule has 1 saturated heterocycles. The van der Waals surface area contributed by atoms with Crippen LogP contribution in [0.4, 0.5) is 21.5 Å². The van der Waals surface area contributed by atoms with Gasteiger partial charge in [0.05, 0.1) is 23.1 Å². The highest BCUT2D eigenvalue weighted by molar-refractivity contribution is 6.31. The Hall–Kier alpha value is -4.65. The average molecular weight is 625 g/mol. The summed E-state index contributed by atoms with van der Waals surface area (Å²) in [5, 5.41) is 9.32. The van der Waals surface area contributed by atoms with Crippen LogP contribution in [0.2, 0.25) is 5.02 Å². The summed E-state index contributed by atoms with van der Waals surface area (Å²) in [5.41, 5.74) is 7.96. The Kier molecular flexibility index (Phi) is 8.53. The van der Waals surface area contributed by atoms with Gasteiger partial charge in [-0.2, -0.15) is 5.10 Å². The molecule has 222 valence electrons. The quantitative estimate of drug-likeness (QED) is 0.155. The van der Waals surface area contributed by atoms with E-state index in [0.29, 0.717) is 22.0 Å². The first-order valence-corrected chi connectivity index (χ1v) is 13.8. The number of nitrogens with zero attached hydrogens (tertiary/aromatic N) is 5. The van der Waals surface area contributed by atoms with Crippen molar-refractivity contribution in [3.05, 3.63) is 94.6 Å². The molecule has 14 heteroatoms. The summed E-state index contributed by atoms with van der Waals surface area (Å²) < 4.78 is 15.3. The van der Waals surface area contributed by atoms with E-state index in [4.69, 9.17) is 34.8 Å². The third kappa shape index (κ3) is 6.72. The summed E-state index contributed by atoms with van der Waals surface area (Å²) in [5.74, 6) is 4.16. The molecule has 0 saturated carbocycles. The van der Waals surface area contributed by atoms with Crippen molar-refractivity contribution in [3.63, 3.8) is 0 Å². The fourth-order valence-electron chi connectivity index (χ4n) is 4.91. The maximum atomic E-state index is 13.7. The molecule has 11 nitrogen and oxygen atoms in total. The molecule has 5 rings (SSSR count). The SMILES string of the molecule is Cn1cc2cc(NC(=O)C(Cc3ccc(F)cc3)N3CC(=O)N(c4cc(Cl)ccc4N(N)/C=C(\N)Cl)CC3=O)ccc2n1. The fraction of sp³-hybridized carbons (Fsp3) is 0.172. The molecule has 1 atom stereocenters. The number of nitrogens with one attached hydrogen (secondary N) is 1. The number of hydrogen-bond acceptors (Lipinski definition) is 7. The number of fused-ring (bicyclic) bond motifs is 1. The van der Waals surface area contributed by atoms with Gasteiger partial charge >= 0.3 is 0 Å². The molecule has 1 unspecified atom stereocenters. The lowest BCUT2D eigenvalue weighted by molar-refractivity contribution is -0.143. The van der Waals surface area contributed by atoms with Crippen molar-refractivity contribution >= 4 is 68.9 Å². The van der Waals surface area contributed by atoms with Crippen molar-refractivity contribution in [1.82, 2.24) is 14.7 Å². The molecule has 2 heterocycles. The van der Waals surface area contributed by atoms with Crippen molar-refractivity contribution in [2.75, 3.05) is 28.3 Å². The highest BCUT2D eigenvalue weighted by Crippen LogP contribution is 2.33. The fourth-order valence-corrected chi connectivity index (χ4v) is 5.18. The molecule has 1 aromatic heterocycles. The van der Waals surface area contributed by atoms with Crippen molar-refractivity contribution in [2.24, 2.45) is 18.6 Å². The Balaban J connectivity index is 1.44. The minimum atomic E-state index is -1.09. The Bertz CT molecular complexity index is 1740. The van der Waals surface area contributed by atoms with E-state index in [1.54, 1.807) is 42.1 Å². The van der Waals surface area contributed by atoms with E-state index in [9.17, 15) is 18.8 Å². The summed E-state index contributed by atoms with van der Waals surface area (Å²) in [6.45, 7) is -0.807. The summed E-state index contributed by atoms with van der Waals surface area (Å²) in [7, 11) is 1.79. The normalized spacial score (nSPS) is 14.8. The minimum Gasteiger partial charge on any atom is -0.388 e. The lowest BCUT2D eigenvalue weighted by atomic mass is 10.0. The second-order valence-corrected chi connectivity index (χ2v) is 10.8. The molecule has 3 aromatic carbocycles. The lowest BCUT2D eigenvalue weighted by Gasteiger charge is -2.39. The van der Waals surface area contributed by atoms with E-state index in [1.807, 2.05) is 6.20 Å². The predicted octanol–water partition coefficient (Wildman–Crippen LogP) is 3.47. The average Bonchev–Trinajstić information content (AvgIpc) is 3.32. The van der Waals surface area contributed by atoms with Crippen LogP contribution in [0.25, 0.3) is 10.9 Å². The first kappa shape index (κ1) is 29.8. The van der Waals surface area contributed by atoms with Crippen LogP contribution in [0, 0.1) is 5.82 Å². The van der Waals surface area contributed by atoms with Gasteiger partial charge in [-0.15, -0.1) is 0 Å². The molecule has 3 amide bonds. The van der Waals surface area contributed by atoms with E-state index in [-0.39, 0.29) is 17.3 Å².